The van der Waals surface area contributed by atoms with Crippen LogP contribution in [0, 0.1) is 0 Å². The van der Waals surface area contributed by atoms with Gasteiger partial charge in [-0.05, 0) is 42.5 Å². The minimum absolute atomic E-state index is 0.158. The molecule has 128 valence electrons. The van der Waals surface area contributed by atoms with Gasteiger partial charge in [0.15, 0.2) is 0 Å². The lowest BCUT2D eigenvalue weighted by Gasteiger charge is -2.27. The summed E-state index contributed by atoms with van der Waals surface area (Å²) in [4.78, 5) is 12.8. The molecule has 0 saturated heterocycles. The Morgan fingerprint density at radius 1 is 1.28 bits per heavy atom. The molecule has 2 aromatic carbocycles. The fourth-order valence-corrected chi connectivity index (χ4v) is 2.53. The second-order valence-electron chi connectivity index (χ2n) is 5.33. The molecule has 1 aliphatic rings. The van der Waals surface area contributed by atoms with Gasteiger partial charge in [-0.25, -0.2) is 0 Å². The van der Waals surface area contributed by atoms with E-state index in [1.54, 1.807) is 48.5 Å². The first kappa shape index (κ1) is 17.1. The zero-order valence-electron chi connectivity index (χ0n) is 13.2. The topological polar surface area (TPSA) is 67.8 Å². The van der Waals surface area contributed by atoms with Crippen molar-refractivity contribution in [3.63, 3.8) is 0 Å². The SMILES string of the molecule is C=CCOC1Oc2ccc(Cl)cc2C(=O)/C1=C/Nc1ccc(O)cc1. The van der Waals surface area contributed by atoms with Crippen LogP contribution < -0.4 is 10.1 Å². The molecule has 0 amide bonds. The van der Waals surface area contributed by atoms with Crippen molar-refractivity contribution in [2.45, 2.75) is 6.29 Å². The number of nitrogens with one attached hydrogen (secondary N) is 1. The van der Waals surface area contributed by atoms with Crippen LogP contribution in [0.5, 0.6) is 11.5 Å². The number of hydrogen-bond acceptors (Lipinski definition) is 5. The molecule has 0 bridgehead atoms. The second-order valence-corrected chi connectivity index (χ2v) is 5.77. The molecule has 0 aromatic heterocycles. The lowest BCUT2D eigenvalue weighted by Crippen LogP contribution is -2.33. The molecule has 0 aliphatic carbocycles. The summed E-state index contributed by atoms with van der Waals surface area (Å²) < 4.78 is 11.3. The van der Waals surface area contributed by atoms with Crippen molar-refractivity contribution in [3.05, 3.63) is 77.5 Å². The fourth-order valence-electron chi connectivity index (χ4n) is 2.36. The largest absolute Gasteiger partial charge is 0.508 e. The Morgan fingerprint density at radius 2 is 2.04 bits per heavy atom. The van der Waals surface area contributed by atoms with Crippen molar-refractivity contribution >= 4 is 23.1 Å². The molecule has 6 heteroatoms. The van der Waals surface area contributed by atoms with E-state index in [4.69, 9.17) is 21.1 Å². The number of rotatable bonds is 5. The molecule has 3 rings (SSSR count). The third-order valence-electron chi connectivity index (χ3n) is 3.56. The number of ketones is 1. The molecule has 0 fully saturated rings. The van der Waals surface area contributed by atoms with Gasteiger partial charge >= 0.3 is 0 Å². The van der Waals surface area contributed by atoms with Gasteiger partial charge in [-0.2, -0.15) is 0 Å². The Morgan fingerprint density at radius 3 is 2.76 bits per heavy atom. The number of fused-ring (bicyclic) bond motifs is 1. The van der Waals surface area contributed by atoms with Gasteiger partial charge in [-0.1, -0.05) is 17.7 Å². The van der Waals surface area contributed by atoms with E-state index >= 15 is 0 Å². The van der Waals surface area contributed by atoms with E-state index in [1.165, 1.54) is 6.20 Å². The predicted octanol–water partition coefficient (Wildman–Crippen LogP) is 4.15. The number of phenols is 1. The van der Waals surface area contributed by atoms with Gasteiger partial charge in [-0.15, -0.1) is 6.58 Å². The van der Waals surface area contributed by atoms with Crippen LogP contribution in [0.4, 0.5) is 5.69 Å². The molecule has 1 heterocycles. The highest BCUT2D eigenvalue weighted by Crippen LogP contribution is 2.33. The Balaban J connectivity index is 1.92. The van der Waals surface area contributed by atoms with Crippen molar-refractivity contribution in [1.82, 2.24) is 0 Å². The van der Waals surface area contributed by atoms with Crippen molar-refractivity contribution in [2.75, 3.05) is 11.9 Å². The maximum absolute atomic E-state index is 12.8. The normalized spacial score (nSPS) is 17.7. The smallest absolute Gasteiger partial charge is 0.232 e. The lowest BCUT2D eigenvalue weighted by molar-refractivity contribution is -0.0444. The standard InChI is InChI=1S/C19H16ClNO4/c1-2-9-24-19-16(11-21-13-4-6-14(22)7-5-13)18(23)15-10-12(20)3-8-17(15)25-19/h2-8,10-11,19,21-22H,1,9H2/b16-11-. The van der Waals surface area contributed by atoms with E-state index in [0.717, 1.165) is 0 Å². The molecule has 2 aromatic rings. The fraction of sp³-hybridized carbons (Fsp3) is 0.105. The predicted molar refractivity (Wildman–Crippen MR) is 96.2 cm³/mol. The van der Waals surface area contributed by atoms with E-state index in [-0.39, 0.29) is 18.1 Å². The van der Waals surface area contributed by atoms with Crippen molar-refractivity contribution < 1.29 is 19.4 Å². The molecular formula is C19H16ClNO4. The number of halogens is 1. The van der Waals surface area contributed by atoms with Gasteiger partial charge in [0.2, 0.25) is 12.1 Å². The van der Waals surface area contributed by atoms with E-state index in [1.807, 2.05) is 0 Å². The Labute approximate surface area is 150 Å². The first-order valence-electron chi connectivity index (χ1n) is 7.57. The molecule has 2 N–H and O–H groups in total. The Bertz CT molecular complexity index is 830. The molecular weight excluding hydrogens is 342 g/mol. The summed E-state index contributed by atoms with van der Waals surface area (Å²) >= 11 is 5.99. The van der Waals surface area contributed by atoms with Gasteiger partial charge in [-0.3, -0.25) is 4.79 Å². The van der Waals surface area contributed by atoms with Crippen LogP contribution in [-0.2, 0) is 4.74 Å². The van der Waals surface area contributed by atoms with Gasteiger partial charge in [0, 0.05) is 16.9 Å². The number of aromatic hydroxyl groups is 1. The number of Topliss-reactive ketones (excluding diaryl/α,β-unsaturated/α-hetero) is 1. The highest BCUT2D eigenvalue weighted by Gasteiger charge is 2.32. The number of carbonyl (C=O) groups is 1. The molecule has 1 aliphatic heterocycles. The van der Waals surface area contributed by atoms with Gasteiger partial charge in [0.05, 0.1) is 17.7 Å². The van der Waals surface area contributed by atoms with Crippen molar-refractivity contribution in [3.8, 4) is 11.5 Å². The zero-order valence-corrected chi connectivity index (χ0v) is 14.0. The molecule has 1 atom stereocenters. The summed E-state index contributed by atoms with van der Waals surface area (Å²) in [5, 5.41) is 12.8. The minimum Gasteiger partial charge on any atom is -0.508 e. The Hall–Kier alpha value is -2.76. The monoisotopic (exact) mass is 357 g/mol. The number of hydrogen-bond donors (Lipinski definition) is 2. The summed E-state index contributed by atoms with van der Waals surface area (Å²) in [6.45, 7) is 3.84. The van der Waals surface area contributed by atoms with E-state index in [9.17, 15) is 9.90 Å². The Kier molecular flexibility index (Phi) is 5.07. The van der Waals surface area contributed by atoms with E-state index in [2.05, 4.69) is 11.9 Å². The molecule has 0 radical (unpaired) electrons. The summed E-state index contributed by atoms with van der Waals surface area (Å²) in [6, 6.07) is 11.3. The highest BCUT2D eigenvalue weighted by molar-refractivity contribution is 6.31. The average molecular weight is 358 g/mol. The van der Waals surface area contributed by atoms with Crippen LogP contribution in [0.1, 0.15) is 10.4 Å². The maximum atomic E-state index is 12.8. The average Bonchev–Trinajstić information content (AvgIpc) is 2.61. The quantitative estimate of drug-likeness (QED) is 0.478. The number of anilines is 1. The molecule has 5 nitrogen and oxygen atoms in total. The van der Waals surface area contributed by atoms with Crippen LogP contribution in [0.15, 0.2) is 66.9 Å². The number of benzene rings is 2. The second kappa shape index (κ2) is 7.42. The third kappa shape index (κ3) is 3.84. The molecule has 0 spiro atoms. The first-order valence-corrected chi connectivity index (χ1v) is 7.95. The van der Waals surface area contributed by atoms with E-state index in [0.29, 0.717) is 27.6 Å². The first-order chi connectivity index (χ1) is 12.1. The van der Waals surface area contributed by atoms with E-state index < -0.39 is 6.29 Å². The number of phenolic OH excluding ortho intramolecular Hbond substituents is 1. The van der Waals surface area contributed by atoms with Crippen LogP contribution in [-0.4, -0.2) is 23.8 Å². The number of carbonyl (C=O) groups excluding carboxylic acids is 1. The zero-order chi connectivity index (χ0) is 17.8. The lowest BCUT2D eigenvalue weighted by atomic mass is 10.00. The van der Waals surface area contributed by atoms with Crippen molar-refractivity contribution in [1.29, 1.82) is 0 Å². The van der Waals surface area contributed by atoms with Gasteiger partial charge in [0.25, 0.3) is 0 Å². The summed E-state index contributed by atoms with van der Waals surface area (Å²) in [5.41, 5.74) is 1.40. The van der Waals surface area contributed by atoms with Gasteiger partial charge in [0.1, 0.15) is 11.5 Å². The van der Waals surface area contributed by atoms with Crippen LogP contribution >= 0.6 is 11.6 Å². The molecule has 1 unspecified atom stereocenters. The summed E-state index contributed by atoms with van der Waals surface area (Å²) in [7, 11) is 0. The molecule has 0 saturated carbocycles. The summed E-state index contributed by atoms with van der Waals surface area (Å²) in [6.07, 6.45) is 2.26. The molecule has 25 heavy (non-hydrogen) atoms. The van der Waals surface area contributed by atoms with Crippen LogP contribution in [0.3, 0.4) is 0 Å². The summed E-state index contributed by atoms with van der Waals surface area (Å²) in [5.74, 6) is 0.348. The van der Waals surface area contributed by atoms with Crippen LogP contribution in [0.25, 0.3) is 0 Å². The van der Waals surface area contributed by atoms with Crippen molar-refractivity contribution in [2.24, 2.45) is 0 Å². The minimum atomic E-state index is -0.858. The van der Waals surface area contributed by atoms with Crippen LogP contribution in [0.2, 0.25) is 5.02 Å². The maximum Gasteiger partial charge on any atom is 0.232 e. The number of ether oxygens (including phenoxy) is 2. The third-order valence-corrected chi connectivity index (χ3v) is 3.80. The highest BCUT2D eigenvalue weighted by atomic mass is 35.5. The van der Waals surface area contributed by atoms with Gasteiger partial charge < -0.3 is 19.9 Å².